The lowest BCUT2D eigenvalue weighted by Gasteiger charge is -2.04. The summed E-state index contributed by atoms with van der Waals surface area (Å²) < 4.78 is 59.1. The summed E-state index contributed by atoms with van der Waals surface area (Å²) in [5.74, 6) is 5.24. The SMILES string of the molecule is COc1ccc(CC(=O)Nc2nonc2-c2ccccc2)cc1.COc1ccc(CC(=O)Nc2nonc2-c2ccccc2)cc1.COc1ccc(CC(=O)Nc2nonc2-c2ccccc2)cc1.COc1ccc(CC(=O)Nc2nonc2-c2ccccc2)cc1.COc1ccc(CC(=O)Nc2nonc2-c2ccccc2)cc1.COc1ccc(CC(=O)Nc2nonc2-c2ccccc2)cc1.c1ccccc1. The largest absolute Gasteiger partial charge is 0.497 e. The van der Waals surface area contributed by atoms with Crippen LogP contribution in [0.5, 0.6) is 34.5 Å². The molecule has 19 rings (SSSR count). The van der Waals surface area contributed by atoms with Gasteiger partial charge in [0.1, 0.15) is 34.5 Å². The number of carbonyl (C=O) groups excluding carboxylic acids is 6. The van der Waals surface area contributed by atoms with Crippen molar-refractivity contribution in [1.29, 1.82) is 0 Å². The molecule has 0 saturated heterocycles. The van der Waals surface area contributed by atoms with Gasteiger partial charge in [0.05, 0.1) is 81.2 Å². The molecule has 36 nitrogen and oxygen atoms in total. The third-order valence-electron chi connectivity index (χ3n) is 20.6. The van der Waals surface area contributed by atoms with E-state index in [1.54, 1.807) is 42.7 Å². The molecule has 0 aliphatic rings. The molecule has 0 atom stereocenters. The van der Waals surface area contributed by atoms with E-state index in [4.69, 9.17) is 56.2 Å². The first kappa shape index (κ1) is 102. The van der Waals surface area contributed by atoms with Gasteiger partial charge in [0.2, 0.25) is 70.4 Å². The van der Waals surface area contributed by atoms with Crippen molar-refractivity contribution in [3.05, 3.63) is 397 Å². The monoisotopic (exact) mass is 1930 g/mol. The number of carbonyl (C=O) groups is 6. The highest BCUT2D eigenvalue weighted by atomic mass is 16.6. The third kappa shape index (κ3) is 31.7. The summed E-state index contributed by atoms with van der Waals surface area (Å²) in [5, 5.41) is 62.1. The molecule has 6 N–H and O–H groups in total. The summed E-state index contributed by atoms with van der Waals surface area (Å²) in [7, 11) is 9.61. The van der Waals surface area contributed by atoms with Crippen LogP contribution in [0.2, 0.25) is 0 Å². The van der Waals surface area contributed by atoms with Crippen LogP contribution >= 0.6 is 0 Å². The maximum Gasteiger partial charge on any atom is 0.230 e. The molecule has 36 heteroatoms. The standard InChI is InChI=1S/6C17H15N3O3.C6H6/c6*1-22-14-9-7-12(8-10-14)11-15(21)18-17-16(19-23-20-17)13-5-3-2-4-6-13;1-2-4-6-5-3-1/h6*2-10H,11H2,1H3,(H,18,20,21);1-6H. The Bertz CT molecular complexity index is 6030. The Labute approximate surface area is 825 Å². The Hall–Kier alpha value is -19.7. The van der Waals surface area contributed by atoms with Gasteiger partial charge in [0.15, 0.2) is 34.2 Å². The van der Waals surface area contributed by atoms with E-state index in [0.29, 0.717) is 69.1 Å². The first-order chi connectivity index (χ1) is 70.6. The lowest BCUT2D eigenvalue weighted by atomic mass is 10.1. The smallest absolute Gasteiger partial charge is 0.230 e. The van der Waals surface area contributed by atoms with Gasteiger partial charge in [0, 0.05) is 33.4 Å². The van der Waals surface area contributed by atoms with E-state index in [1.807, 2.05) is 364 Å². The van der Waals surface area contributed by atoms with Crippen molar-refractivity contribution in [2.24, 2.45) is 0 Å². The molecule has 0 unspecified atom stereocenters. The summed E-state index contributed by atoms with van der Waals surface area (Å²) in [6, 6.07) is 112. The Kier molecular flexibility index (Phi) is 38.4. The molecule has 0 spiro atoms. The second-order valence-corrected chi connectivity index (χ2v) is 30.6. The molecule has 0 bridgehead atoms. The lowest BCUT2D eigenvalue weighted by molar-refractivity contribution is -0.116. The van der Waals surface area contributed by atoms with E-state index in [9.17, 15) is 28.8 Å². The highest BCUT2D eigenvalue weighted by Crippen LogP contribution is 2.32. The Balaban J connectivity index is 0.000000143. The second kappa shape index (κ2) is 54.3. The van der Waals surface area contributed by atoms with E-state index >= 15 is 0 Å². The van der Waals surface area contributed by atoms with E-state index in [1.165, 1.54) is 0 Å². The summed E-state index contributed by atoms with van der Waals surface area (Å²) >= 11 is 0. The van der Waals surface area contributed by atoms with Crippen LogP contribution in [-0.2, 0) is 67.3 Å². The molecule has 19 aromatic rings. The molecule has 0 radical (unpaired) electrons. The average molecular weight is 1930 g/mol. The minimum atomic E-state index is -0.192. The molecule has 726 valence electrons. The number of hydrogen-bond donors (Lipinski definition) is 6. The van der Waals surface area contributed by atoms with Gasteiger partial charge in [-0.05, 0) is 168 Å². The Morgan fingerprint density at radius 1 is 0.174 bits per heavy atom. The maximum absolute atomic E-state index is 12.2. The Morgan fingerprint density at radius 2 is 0.292 bits per heavy atom. The van der Waals surface area contributed by atoms with Crippen molar-refractivity contribution < 1.29 is 85.0 Å². The average Bonchev–Trinajstić information content (AvgIpc) is 1.72. The molecule has 0 fully saturated rings. The zero-order valence-electron chi connectivity index (χ0n) is 78.6. The highest BCUT2D eigenvalue weighted by Gasteiger charge is 2.23. The fourth-order valence-electron chi connectivity index (χ4n) is 13.4. The van der Waals surface area contributed by atoms with Gasteiger partial charge in [-0.2, -0.15) is 0 Å². The molecule has 6 heterocycles. The first-order valence-electron chi connectivity index (χ1n) is 44.4. The number of benzene rings is 13. The second-order valence-electron chi connectivity index (χ2n) is 30.6. The van der Waals surface area contributed by atoms with Gasteiger partial charge in [-0.25, -0.2) is 27.8 Å². The zero-order valence-corrected chi connectivity index (χ0v) is 78.6. The quantitative estimate of drug-likeness (QED) is 0.0243. The molecule has 6 aromatic heterocycles. The number of aromatic nitrogens is 12. The van der Waals surface area contributed by atoms with Crippen molar-refractivity contribution in [2.75, 3.05) is 74.6 Å². The number of nitrogens with one attached hydrogen (secondary N) is 6. The van der Waals surface area contributed by atoms with Gasteiger partial charge in [-0.3, -0.25) is 28.8 Å². The van der Waals surface area contributed by atoms with Crippen LogP contribution in [0.25, 0.3) is 67.5 Å². The lowest BCUT2D eigenvalue weighted by Crippen LogP contribution is -2.15. The molecule has 144 heavy (non-hydrogen) atoms. The minimum Gasteiger partial charge on any atom is -0.497 e. The summed E-state index contributed by atoms with van der Waals surface area (Å²) in [5.41, 5.74) is 13.3. The van der Waals surface area contributed by atoms with Crippen molar-refractivity contribution in [3.63, 3.8) is 0 Å². The predicted molar refractivity (Wildman–Crippen MR) is 537 cm³/mol. The summed E-state index contributed by atoms with van der Waals surface area (Å²) in [4.78, 5) is 73.0. The van der Waals surface area contributed by atoms with Crippen LogP contribution in [0.4, 0.5) is 34.9 Å². The van der Waals surface area contributed by atoms with Gasteiger partial charge < -0.3 is 60.3 Å². The molecule has 0 aliphatic carbocycles. The van der Waals surface area contributed by atoms with Crippen LogP contribution in [0, 0.1) is 0 Å². The van der Waals surface area contributed by atoms with Crippen LogP contribution in [0.15, 0.2) is 392 Å². The number of anilines is 6. The number of nitrogens with zero attached hydrogens (tertiary/aromatic N) is 12. The van der Waals surface area contributed by atoms with Gasteiger partial charge in [-0.1, -0.05) is 291 Å². The molecule has 0 aliphatic heterocycles. The molecular formula is C108H96N18O18. The maximum atomic E-state index is 12.2. The molecular weight excluding hydrogens is 1840 g/mol. The van der Waals surface area contributed by atoms with Crippen LogP contribution < -0.4 is 60.3 Å². The van der Waals surface area contributed by atoms with Gasteiger partial charge >= 0.3 is 0 Å². The fourth-order valence-corrected chi connectivity index (χ4v) is 13.4. The van der Waals surface area contributed by atoms with Crippen LogP contribution in [0.3, 0.4) is 0 Å². The fraction of sp³-hybridized carbons (Fsp3) is 0.111. The van der Waals surface area contributed by atoms with E-state index < -0.39 is 0 Å². The third-order valence-corrected chi connectivity index (χ3v) is 20.6. The van der Waals surface area contributed by atoms with E-state index in [0.717, 1.165) is 101 Å². The van der Waals surface area contributed by atoms with Crippen molar-refractivity contribution in [3.8, 4) is 102 Å². The molecule has 13 aromatic carbocycles. The number of rotatable bonds is 30. The number of amides is 6. The van der Waals surface area contributed by atoms with Crippen LogP contribution in [-0.4, -0.2) is 140 Å². The van der Waals surface area contributed by atoms with Crippen molar-refractivity contribution >= 4 is 70.4 Å². The first-order valence-corrected chi connectivity index (χ1v) is 44.4. The molecule has 6 amide bonds. The normalized spacial score (nSPS) is 10.2. The van der Waals surface area contributed by atoms with Crippen LogP contribution in [0.1, 0.15) is 33.4 Å². The summed E-state index contributed by atoms with van der Waals surface area (Å²) in [6.07, 6.45) is 1.36. The van der Waals surface area contributed by atoms with Gasteiger partial charge in [-0.15, -0.1) is 0 Å². The topological polar surface area (TPSA) is 463 Å². The highest BCUT2D eigenvalue weighted by molar-refractivity contribution is 5.98. The number of ether oxygens (including phenoxy) is 6. The van der Waals surface area contributed by atoms with Crippen molar-refractivity contribution in [2.45, 2.75) is 38.5 Å². The van der Waals surface area contributed by atoms with E-state index in [2.05, 4.69) is 93.8 Å². The summed E-state index contributed by atoms with van der Waals surface area (Å²) in [6.45, 7) is 0. The van der Waals surface area contributed by atoms with E-state index in [-0.39, 0.29) is 74.0 Å². The number of methoxy groups -OCH3 is 6. The number of hydrogen-bond acceptors (Lipinski definition) is 30. The minimum absolute atomic E-state index is 0.192. The predicted octanol–water partition coefficient (Wildman–Crippen LogP) is 19.2. The zero-order chi connectivity index (χ0) is 101. The molecule has 0 saturated carbocycles. The van der Waals surface area contributed by atoms with Gasteiger partial charge in [0.25, 0.3) is 0 Å². The Morgan fingerprint density at radius 3 is 0.410 bits per heavy atom. The van der Waals surface area contributed by atoms with Crippen molar-refractivity contribution in [1.82, 2.24) is 61.9 Å².